The Morgan fingerprint density at radius 2 is 1.29 bits per heavy atom. The molecule has 0 aliphatic heterocycles. The van der Waals surface area contributed by atoms with E-state index in [0.717, 1.165) is 38.5 Å². The number of nitrogens with one attached hydrogen (secondary N) is 1. The van der Waals surface area contributed by atoms with Crippen LogP contribution in [0.2, 0.25) is 0 Å². The Morgan fingerprint density at radius 1 is 0.824 bits per heavy atom. The molecule has 0 aromatic rings. The van der Waals surface area contributed by atoms with E-state index < -0.39 is 26.6 Å². The third kappa shape index (κ3) is 23.0. The molecule has 2 atom stereocenters. The van der Waals surface area contributed by atoms with E-state index in [1.54, 1.807) is 6.08 Å². The van der Waals surface area contributed by atoms with Crippen molar-refractivity contribution in [3.05, 3.63) is 12.2 Å². The smallest absolute Gasteiger partial charge is 0.387 e. The summed E-state index contributed by atoms with van der Waals surface area (Å²) < 4.78 is 15.6. The topological polar surface area (TPSA) is 116 Å². The molecule has 0 aliphatic rings. The Balaban J connectivity index is 4.26. The Hall–Kier alpha value is -0.720. The largest absolute Gasteiger partial charge is 0.469 e. The summed E-state index contributed by atoms with van der Waals surface area (Å²) in [4.78, 5) is 30.3. The zero-order valence-corrected chi connectivity index (χ0v) is 22.7. The fourth-order valence-electron chi connectivity index (χ4n) is 3.87. The van der Waals surface area contributed by atoms with E-state index in [9.17, 15) is 14.5 Å². The number of hydrogen-bond donors (Lipinski definition) is 4. The van der Waals surface area contributed by atoms with Crippen LogP contribution in [0.5, 0.6) is 0 Å². The molecule has 0 aliphatic carbocycles. The van der Waals surface area contributed by atoms with Gasteiger partial charge in [-0.05, 0) is 19.3 Å². The van der Waals surface area contributed by atoms with Crippen molar-refractivity contribution in [3.63, 3.8) is 0 Å². The maximum atomic E-state index is 12.3. The number of amides is 1. The van der Waals surface area contributed by atoms with Gasteiger partial charge in [-0.1, -0.05) is 116 Å². The highest BCUT2D eigenvalue weighted by atomic mass is 31.2. The molecule has 202 valence electrons. The van der Waals surface area contributed by atoms with Crippen LogP contribution in [0.15, 0.2) is 12.2 Å². The van der Waals surface area contributed by atoms with Gasteiger partial charge in [-0.25, -0.2) is 4.57 Å². The van der Waals surface area contributed by atoms with Crippen molar-refractivity contribution in [3.8, 4) is 0 Å². The summed E-state index contributed by atoms with van der Waals surface area (Å²) >= 11 is 0. The van der Waals surface area contributed by atoms with Crippen LogP contribution in [0, 0.1) is 0 Å². The summed E-state index contributed by atoms with van der Waals surface area (Å²) in [7, 11) is -4.69. The molecular formula is C26H52NO6P. The van der Waals surface area contributed by atoms with Gasteiger partial charge in [0.15, 0.2) is 0 Å². The minimum atomic E-state index is -4.69. The lowest BCUT2D eigenvalue weighted by molar-refractivity contribution is -0.123. The molecule has 0 spiro atoms. The molecule has 0 rings (SSSR count). The van der Waals surface area contributed by atoms with Crippen molar-refractivity contribution in [2.24, 2.45) is 0 Å². The van der Waals surface area contributed by atoms with E-state index in [2.05, 4.69) is 23.7 Å². The number of phosphoric acid groups is 1. The van der Waals surface area contributed by atoms with Crippen molar-refractivity contribution in [1.82, 2.24) is 5.32 Å². The first-order valence-electron chi connectivity index (χ1n) is 13.6. The summed E-state index contributed by atoms with van der Waals surface area (Å²) in [6.07, 6.45) is 22.4. The second-order valence-electron chi connectivity index (χ2n) is 9.37. The molecule has 0 unspecified atom stereocenters. The van der Waals surface area contributed by atoms with E-state index in [1.165, 1.54) is 70.6 Å². The van der Waals surface area contributed by atoms with Crippen LogP contribution in [0.25, 0.3) is 0 Å². The summed E-state index contributed by atoms with van der Waals surface area (Å²) in [5.41, 5.74) is 0. The molecule has 0 heterocycles. The Morgan fingerprint density at radius 3 is 1.79 bits per heavy atom. The fraction of sp³-hybridized carbons (Fsp3) is 0.885. The van der Waals surface area contributed by atoms with Gasteiger partial charge in [-0.2, -0.15) is 0 Å². The molecule has 0 radical (unpaired) electrons. The molecule has 8 heteroatoms. The number of hydrogen-bond acceptors (Lipinski definition) is 4. The van der Waals surface area contributed by atoms with Gasteiger partial charge in [0.2, 0.25) is 5.91 Å². The van der Waals surface area contributed by atoms with Crippen LogP contribution < -0.4 is 5.32 Å². The fourth-order valence-corrected chi connectivity index (χ4v) is 4.22. The second kappa shape index (κ2) is 22.7. The predicted octanol–water partition coefficient (Wildman–Crippen LogP) is 6.56. The Labute approximate surface area is 208 Å². The highest BCUT2D eigenvalue weighted by Crippen LogP contribution is 2.35. The molecule has 4 N–H and O–H groups in total. The highest BCUT2D eigenvalue weighted by molar-refractivity contribution is 7.46. The van der Waals surface area contributed by atoms with Crippen LogP contribution in [-0.2, 0) is 13.9 Å². The van der Waals surface area contributed by atoms with Gasteiger partial charge < -0.3 is 20.2 Å². The van der Waals surface area contributed by atoms with Gasteiger partial charge in [0.05, 0.1) is 18.8 Å². The minimum Gasteiger partial charge on any atom is -0.387 e. The number of carbonyl (C=O) groups is 1. The number of unbranched alkanes of at least 4 members (excludes halogenated alkanes) is 15. The van der Waals surface area contributed by atoms with Gasteiger partial charge in [0.1, 0.15) is 0 Å². The molecular weight excluding hydrogens is 453 g/mol. The number of rotatable bonds is 24. The highest BCUT2D eigenvalue weighted by Gasteiger charge is 2.24. The molecule has 34 heavy (non-hydrogen) atoms. The van der Waals surface area contributed by atoms with E-state index in [4.69, 9.17) is 9.79 Å². The van der Waals surface area contributed by atoms with Gasteiger partial charge in [-0.3, -0.25) is 9.32 Å². The molecule has 0 saturated carbocycles. The van der Waals surface area contributed by atoms with Crippen LogP contribution in [0.4, 0.5) is 0 Å². The van der Waals surface area contributed by atoms with E-state index in [-0.39, 0.29) is 5.91 Å². The maximum Gasteiger partial charge on any atom is 0.469 e. The lowest BCUT2D eigenvalue weighted by Crippen LogP contribution is -2.45. The van der Waals surface area contributed by atoms with Crippen molar-refractivity contribution in [2.45, 2.75) is 142 Å². The van der Waals surface area contributed by atoms with Crippen molar-refractivity contribution >= 4 is 13.7 Å². The Bertz CT molecular complexity index is 551. The minimum absolute atomic E-state index is 0.235. The van der Waals surface area contributed by atoms with Gasteiger partial charge in [-0.15, -0.1) is 0 Å². The third-order valence-corrected chi connectivity index (χ3v) is 6.48. The Kier molecular flexibility index (Phi) is 22.2. The average molecular weight is 506 g/mol. The zero-order chi connectivity index (χ0) is 25.5. The quantitative estimate of drug-likeness (QED) is 0.0671. The van der Waals surface area contributed by atoms with E-state index in [0.29, 0.717) is 6.42 Å². The zero-order valence-electron chi connectivity index (χ0n) is 21.8. The maximum absolute atomic E-state index is 12.3. The molecule has 0 bridgehead atoms. The summed E-state index contributed by atoms with van der Waals surface area (Å²) in [6.45, 7) is 3.96. The molecule has 0 aromatic carbocycles. The summed E-state index contributed by atoms with van der Waals surface area (Å²) in [5, 5.41) is 13.1. The standard InChI is InChI=1S/C26H52NO6P/c1-3-5-7-9-11-13-14-15-17-19-21-25(28)24(23-33-34(30,31)32)27-26(29)22-20-18-16-12-10-8-6-4-2/h19,21,24-25,28H,3-18,20,22-23H2,1-2H3,(H,27,29)(H2,30,31,32)/b21-19+/t24-,25+/m0/s1. The molecule has 7 nitrogen and oxygen atoms in total. The van der Waals surface area contributed by atoms with E-state index >= 15 is 0 Å². The average Bonchev–Trinajstić information content (AvgIpc) is 2.78. The van der Waals surface area contributed by atoms with Crippen LogP contribution >= 0.6 is 7.82 Å². The summed E-state index contributed by atoms with van der Waals surface area (Å²) in [5.74, 6) is -0.235. The molecule has 0 fully saturated rings. The number of allylic oxidation sites excluding steroid dienone is 1. The second-order valence-corrected chi connectivity index (χ2v) is 10.6. The number of phosphoric ester groups is 1. The normalized spacial score (nSPS) is 13.9. The molecule has 0 saturated heterocycles. The van der Waals surface area contributed by atoms with Gasteiger partial charge in [0.25, 0.3) is 0 Å². The lowest BCUT2D eigenvalue weighted by atomic mass is 10.1. The number of carbonyl (C=O) groups excluding carboxylic acids is 1. The molecule has 0 aromatic heterocycles. The first kappa shape index (κ1) is 33.3. The first-order valence-corrected chi connectivity index (χ1v) is 15.2. The third-order valence-electron chi connectivity index (χ3n) is 6.00. The lowest BCUT2D eigenvalue weighted by Gasteiger charge is -2.22. The number of aliphatic hydroxyl groups excluding tert-OH is 1. The molecule has 1 amide bonds. The van der Waals surface area contributed by atoms with Crippen LogP contribution in [0.1, 0.15) is 129 Å². The number of aliphatic hydroxyl groups is 1. The van der Waals surface area contributed by atoms with Gasteiger partial charge in [0, 0.05) is 6.42 Å². The van der Waals surface area contributed by atoms with Crippen molar-refractivity contribution in [2.75, 3.05) is 6.61 Å². The monoisotopic (exact) mass is 505 g/mol. The SMILES string of the molecule is CCCCCCCCCC/C=C/[C@@H](O)[C@H](COP(=O)(O)O)NC(=O)CCCCCCCCCC. The van der Waals surface area contributed by atoms with Crippen LogP contribution in [0.3, 0.4) is 0 Å². The first-order chi connectivity index (χ1) is 16.3. The van der Waals surface area contributed by atoms with Crippen LogP contribution in [-0.4, -0.2) is 39.6 Å². The van der Waals surface area contributed by atoms with E-state index in [1.807, 2.05) is 6.08 Å². The van der Waals surface area contributed by atoms with Crippen molar-refractivity contribution in [1.29, 1.82) is 0 Å². The van der Waals surface area contributed by atoms with Crippen molar-refractivity contribution < 1.29 is 28.8 Å². The summed E-state index contributed by atoms with van der Waals surface area (Å²) in [6, 6.07) is -0.899. The predicted molar refractivity (Wildman–Crippen MR) is 140 cm³/mol. The van der Waals surface area contributed by atoms with Gasteiger partial charge >= 0.3 is 7.82 Å².